The lowest BCUT2D eigenvalue weighted by Crippen LogP contribution is -2.55. The summed E-state index contributed by atoms with van der Waals surface area (Å²) in [7, 11) is 2.07. The van der Waals surface area contributed by atoms with Gasteiger partial charge in [0, 0.05) is 38.4 Å². The molecule has 1 N–H and O–H groups in total. The van der Waals surface area contributed by atoms with Gasteiger partial charge >= 0.3 is 0 Å². The number of amides is 1. The maximum Gasteiger partial charge on any atom is 0.241 e. The predicted molar refractivity (Wildman–Crippen MR) is 89.8 cm³/mol. The van der Waals surface area contributed by atoms with E-state index in [-0.39, 0.29) is 5.91 Å². The van der Waals surface area contributed by atoms with Crippen LogP contribution in [-0.4, -0.2) is 27.5 Å². The van der Waals surface area contributed by atoms with Gasteiger partial charge in [0.25, 0.3) is 0 Å². The van der Waals surface area contributed by atoms with Crippen LogP contribution in [0.15, 0.2) is 42.6 Å². The van der Waals surface area contributed by atoms with Gasteiger partial charge in [-0.15, -0.1) is 0 Å². The third kappa shape index (κ3) is 2.38. The van der Waals surface area contributed by atoms with E-state index in [9.17, 15) is 4.79 Å². The third-order valence-corrected chi connectivity index (χ3v) is 5.49. The van der Waals surface area contributed by atoms with Crippen molar-refractivity contribution in [2.45, 2.75) is 37.9 Å². The van der Waals surface area contributed by atoms with Crippen LogP contribution < -0.4 is 5.32 Å². The first-order valence-corrected chi connectivity index (χ1v) is 8.39. The molecule has 1 aromatic heterocycles. The summed E-state index contributed by atoms with van der Waals surface area (Å²) in [5.74, 6) is 0.195. The predicted octanol–water partition coefficient (Wildman–Crippen LogP) is 2.23. The number of benzene rings is 1. The summed E-state index contributed by atoms with van der Waals surface area (Å²) < 4.78 is 2.15. The third-order valence-electron chi connectivity index (χ3n) is 5.49. The summed E-state index contributed by atoms with van der Waals surface area (Å²) in [5, 5.41) is 3.17. The van der Waals surface area contributed by atoms with Crippen molar-refractivity contribution in [1.29, 1.82) is 0 Å². The maximum absolute atomic E-state index is 13.0. The van der Waals surface area contributed by atoms with Gasteiger partial charge in [0.05, 0.1) is 0 Å². The first-order valence-electron chi connectivity index (χ1n) is 8.39. The fourth-order valence-electron chi connectivity index (χ4n) is 4.12. The number of hydrogen-bond acceptors (Lipinski definition) is 2. The zero-order valence-electron chi connectivity index (χ0n) is 13.6. The van der Waals surface area contributed by atoms with Gasteiger partial charge in [-0.25, -0.2) is 0 Å². The average molecular weight is 309 g/mol. The normalized spacial score (nSPS) is 24.5. The molecule has 120 valence electrons. The van der Waals surface area contributed by atoms with E-state index in [1.165, 1.54) is 16.8 Å². The minimum absolute atomic E-state index is 0.195. The zero-order chi connectivity index (χ0) is 15.9. The highest BCUT2D eigenvalue weighted by Crippen LogP contribution is 2.36. The van der Waals surface area contributed by atoms with Crippen molar-refractivity contribution in [2.24, 2.45) is 7.05 Å². The fraction of sp³-hybridized carbons (Fsp3) is 0.421. The molecule has 3 heterocycles. The molecule has 4 rings (SSSR count). The van der Waals surface area contributed by atoms with Crippen LogP contribution in [-0.2, 0) is 31.4 Å². The Labute approximate surface area is 137 Å². The van der Waals surface area contributed by atoms with Crippen molar-refractivity contribution in [1.82, 2.24) is 14.8 Å². The molecule has 1 saturated heterocycles. The van der Waals surface area contributed by atoms with Crippen LogP contribution in [0.3, 0.4) is 0 Å². The Hall–Kier alpha value is -2.07. The SMILES string of the molecule is Cn1cccc1CN1CCCC12Cc1ccccc1CNC2=O. The van der Waals surface area contributed by atoms with Gasteiger partial charge in [0.1, 0.15) is 5.54 Å². The summed E-state index contributed by atoms with van der Waals surface area (Å²) in [6, 6.07) is 12.7. The summed E-state index contributed by atoms with van der Waals surface area (Å²) >= 11 is 0. The van der Waals surface area contributed by atoms with Crippen LogP contribution in [0.4, 0.5) is 0 Å². The zero-order valence-corrected chi connectivity index (χ0v) is 13.6. The van der Waals surface area contributed by atoms with Crippen molar-refractivity contribution in [3.63, 3.8) is 0 Å². The Balaban J connectivity index is 1.69. The monoisotopic (exact) mass is 309 g/mol. The van der Waals surface area contributed by atoms with Crippen molar-refractivity contribution in [3.05, 3.63) is 59.4 Å². The number of nitrogens with zero attached hydrogens (tertiary/aromatic N) is 2. The van der Waals surface area contributed by atoms with E-state index in [0.717, 1.165) is 32.4 Å². The Kier molecular flexibility index (Phi) is 3.49. The number of aryl methyl sites for hydroxylation is 1. The standard InChI is InChI=1S/C19H23N3O/c1-21-10-4-8-17(21)14-22-11-5-9-19(22)12-15-6-2-3-7-16(15)13-20-18(19)23/h2-4,6-8,10H,5,9,11-14H2,1H3,(H,20,23). The molecule has 0 saturated carbocycles. The number of fused-ring (bicyclic) bond motifs is 1. The molecule has 4 heteroatoms. The Bertz CT molecular complexity index is 736. The lowest BCUT2D eigenvalue weighted by atomic mass is 9.86. The number of carbonyl (C=O) groups excluding carboxylic acids is 1. The van der Waals surface area contributed by atoms with Crippen LogP contribution in [0.1, 0.15) is 29.7 Å². The van der Waals surface area contributed by atoms with Crippen LogP contribution in [0.2, 0.25) is 0 Å². The van der Waals surface area contributed by atoms with Gasteiger partial charge in [-0.1, -0.05) is 24.3 Å². The molecule has 1 spiro atoms. The molecule has 1 fully saturated rings. The smallest absolute Gasteiger partial charge is 0.241 e. The second kappa shape index (κ2) is 5.53. The highest BCUT2D eigenvalue weighted by atomic mass is 16.2. The molecule has 1 amide bonds. The van der Waals surface area contributed by atoms with E-state index in [1.807, 2.05) is 0 Å². The summed E-state index contributed by atoms with van der Waals surface area (Å²) in [5.41, 5.74) is 3.43. The van der Waals surface area contributed by atoms with E-state index in [0.29, 0.717) is 6.54 Å². The number of likely N-dealkylation sites (tertiary alicyclic amines) is 1. The molecule has 1 aromatic carbocycles. The highest BCUT2D eigenvalue weighted by Gasteiger charge is 2.48. The lowest BCUT2D eigenvalue weighted by molar-refractivity contribution is -0.132. The Morgan fingerprint density at radius 2 is 2.00 bits per heavy atom. The van der Waals surface area contributed by atoms with E-state index in [1.54, 1.807) is 0 Å². The summed E-state index contributed by atoms with van der Waals surface area (Å²) in [6.07, 6.45) is 4.91. The number of aromatic nitrogens is 1. The second-order valence-corrected chi connectivity index (χ2v) is 6.80. The fourth-order valence-corrected chi connectivity index (χ4v) is 4.12. The molecular weight excluding hydrogens is 286 g/mol. The molecule has 0 radical (unpaired) electrons. The van der Waals surface area contributed by atoms with Gasteiger partial charge in [-0.3, -0.25) is 9.69 Å². The molecule has 2 aliphatic rings. The molecule has 1 unspecified atom stereocenters. The highest BCUT2D eigenvalue weighted by molar-refractivity contribution is 5.87. The maximum atomic E-state index is 13.0. The van der Waals surface area contributed by atoms with Gasteiger partial charge in [-0.2, -0.15) is 0 Å². The van der Waals surface area contributed by atoms with Gasteiger partial charge in [0.2, 0.25) is 5.91 Å². The van der Waals surface area contributed by atoms with Crippen LogP contribution in [0.25, 0.3) is 0 Å². The van der Waals surface area contributed by atoms with Crippen molar-refractivity contribution >= 4 is 5.91 Å². The lowest BCUT2D eigenvalue weighted by Gasteiger charge is -2.36. The number of carbonyl (C=O) groups is 1. The molecule has 1 atom stereocenters. The topological polar surface area (TPSA) is 37.3 Å². The number of rotatable bonds is 2. The molecule has 2 aromatic rings. The van der Waals surface area contributed by atoms with Crippen molar-refractivity contribution in [3.8, 4) is 0 Å². The summed E-state index contributed by atoms with van der Waals surface area (Å²) in [4.78, 5) is 15.4. The quantitative estimate of drug-likeness (QED) is 0.924. The molecule has 4 nitrogen and oxygen atoms in total. The molecule has 23 heavy (non-hydrogen) atoms. The largest absolute Gasteiger partial charge is 0.353 e. The van der Waals surface area contributed by atoms with Crippen molar-refractivity contribution < 1.29 is 4.79 Å². The average Bonchev–Trinajstić information content (AvgIpc) is 3.10. The number of nitrogens with one attached hydrogen (secondary N) is 1. The van der Waals surface area contributed by atoms with Crippen LogP contribution in [0, 0.1) is 0 Å². The van der Waals surface area contributed by atoms with Crippen molar-refractivity contribution in [2.75, 3.05) is 6.54 Å². The second-order valence-electron chi connectivity index (χ2n) is 6.80. The molecular formula is C19H23N3O. The van der Waals surface area contributed by atoms with E-state index in [2.05, 4.69) is 64.4 Å². The van der Waals surface area contributed by atoms with Gasteiger partial charge in [0.15, 0.2) is 0 Å². The molecule has 0 bridgehead atoms. The molecule has 0 aliphatic carbocycles. The Morgan fingerprint density at radius 1 is 1.17 bits per heavy atom. The first-order chi connectivity index (χ1) is 11.2. The van der Waals surface area contributed by atoms with E-state index < -0.39 is 5.54 Å². The minimum atomic E-state index is -0.392. The van der Waals surface area contributed by atoms with Crippen LogP contribution >= 0.6 is 0 Å². The Morgan fingerprint density at radius 3 is 2.78 bits per heavy atom. The number of hydrogen-bond donors (Lipinski definition) is 1. The first kappa shape index (κ1) is 14.5. The minimum Gasteiger partial charge on any atom is -0.353 e. The van der Waals surface area contributed by atoms with Gasteiger partial charge in [-0.05, 0) is 42.6 Å². The van der Waals surface area contributed by atoms with Crippen LogP contribution in [0.5, 0.6) is 0 Å². The van der Waals surface area contributed by atoms with Gasteiger partial charge < -0.3 is 9.88 Å². The van der Waals surface area contributed by atoms with E-state index in [4.69, 9.17) is 0 Å². The van der Waals surface area contributed by atoms with E-state index >= 15 is 0 Å². The summed E-state index contributed by atoms with van der Waals surface area (Å²) in [6.45, 7) is 2.47. The molecule has 2 aliphatic heterocycles.